The molecule has 0 atom stereocenters. The summed E-state index contributed by atoms with van der Waals surface area (Å²) in [5, 5.41) is 4.31. The molecule has 0 aliphatic heterocycles. The van der Waals surface area contributed by atoms with Crippen molar-refractivity contribution in [3.05, 3.63) is 70.9 Å². The van der Waals surface area contributed by atoms with Gasteiger partial charge in [0, 0.05) is 28.3 Å². The highest BCUT2D eigenvalue weighted by Crippen LogP contribution is 2.34. The lowest BCUT2D eigenvalue weighted by Crippen LogP contribution is -1.99. The second-order valence-corrected chi connectivity index (χ2v) is 7.53. The zero-order valence-corrected chi connectivity index (χ0v) is 15.2. The lowest BCUT2D eigenvalue weighted by Gasteiger charge is -2.09. The molecule has 0 unspecified atom stereocenters. The van der Waals surface area contributed by atoms with Crippen LogP contribution in [0.3, 0.4) is 0 Å². The summed E-state index contributed by atoms with van der Waals surface area (Å²) in [6.45, 7) is 0.481. The quantitative estimate of drug-likeness (QED) is 0.446. The molecule has 5 rings (SSSR count). The minimum absolute atomic E-state index is 0.481. The SMILES string of the molecule is c1ccc(-c2nc(COc3ccc4oc5c(c4c3)CCCC5)cs2)cc1. The van der Waals surface area contributed by atoms with Crippen molar-refractivity contribution in [3.63, 3.8) is 0 Å². The van der Waals surface area contributed by atoms with Crippen molar-refractivity contribution in [3.8, 4) is 16.3 Å². The maximum Gasteiger partial charge on any atom is 0.134 e. The Kier molecular flexibility index (Phi) is 3.98. The second kappa shape index (κ2) is 6.61. The first-order valence-corrected chi connectivity index (χ1v) is 9.92. The number of hydrogen-bond donors (Lipinski definition) is 0. The molecule has 0 amide bonds. The monoisotopic (exact) mass is 361 g/mol. The number of benzene rings is 2. The molecule has 3 nitrogen and oxygen atoms in total. The van der Waals surface area contributed by atoms with E-state index < -0.39 is 0 Å². The Morgan fingerprint density at radius 3 is 2.85 bits per heavy atom. The fourth-order valence-electron chi connectivity index (χ4n) is 3.58. The average molecular weight is 361 g/mol. The van der Waals surface area contributed by atoms with Crippen LogP contribution in [-0.4, -0.2) is 4.98 Å². The van der Waals surface area contributed by atoms with Crippen molar-refractivity contribution >= 4 is 22.3 Å². The largest absolute Gasteiger partial charge is 0.487 e. The zero-order chi connectivity index (χ0) is 17.3. The van der Waals surface area contributed by atoms with Gasteiger partial charge in [0.2, 0.25) is 0 Å². The number of nitrogens with zero attached hydrogens (tertiary/aromatic N) is 1. The zero-order valence-electron chi connectivity index (χ0n) is 14.4. The molecular formula is C22H19NO2S. The van der Waals surface area contributed by atoms with E-state index in [0.717, 1.165) is 46.2 Å². The van der Waals surface area contributed by atoms with Crippen molar-refractivity contribution in [2.24, 2.45) is 0 Å². The van der Waals surface area contributed by atoms with Crippen molar-refractivity contribution in [1.82, 2.24) is 4.98 Å². The molecule has 1 aliphatic carbocycles. The highest BCUT2D eigenvalue weighted by atomic mass is 32.1. The van der Waals surface area contributed by atoms with Gasteiger partial charge in [-0.2, -0.15) is 0 Å². The third kappa shape index (κ3) is 2.90. The number of thiazole rings is 1. The molecule has 0 spiro atoms. The number of rotatable bonds is 4. The fourth-order valence-corrected chi connectivity index (χ4v) is 4.39. The Morgan fingerprint density at radius 1 is 1.04 bits per heavy atom. The van der Waals surface area contributed by atoms with Crippen LogP contribution in [-0.2, 0) is 19.4 Å². The van der Waals surface area contributed by atoms with Crippen LogP contribution in [0.1, 0.15) is 29.9 Å². The highest BCUT2D eigenvalue weighted by Gasteiger charge is 2.18. The van der Waals surface area contributed by atoms with Crippen LogP contribution >= 0.6 is 11.3 Å². The second-order valence-electron chi connectivity index (χ2n) is 6.67. The van der Waals surface area contributed by atoms with Gasteiger partial charge in [-0.15, -0.1) is 11.3 Å². The maximum atomic E-state index is 6.01. The van der Waals surface area contributed by atoms with E-state index in [-0.39, 0.29) is 0 Å². The van der Waals surface area contributed by atoms with E-state index in [1.54, 1.807) is 11.3 Å². The first-order valence-electron chi connectivity index (χ1n) is 9.04. The van der Waals surface area contributed by atoms with Gasteiger partial charge in [0.05, 0.1) is 5.69 Å². The van der Waals surface area contributed by atoms with Gasteiger partial charge in [0.1, 0.15) is 28.7 Å². The number of furan rings is 1. The van der Waals surface area contributed by atoms with Crippen LogP contribution in [0, 0.1) is 0 Å². The average Bonchev–Trinajstić information content (AvgIpc) is 3.31. The molecule has 4 heteroatoms. The normalized spacial score (nSPS) is 13.7. The molecule has 0 saturated heterocycles. The number of aryl methyl sites for hydroxylation is 2. The molecule has 1 aliphatic rings. The standard InChI is InChI=1S/C22H19NO2S/c1-2-6-15(7-3-1)22-23-16(14-26-22)13-24-17-10-11-21-19(12-17)18-8-4-5-9-20(18)25-21/h1-3,6-7,10-12,14H,4-5,8-9,13H2. The predicted molar refractivity (Wildman–Crippen MR) is 105 cm³/mol. The first kappa shape index (κ1) is 15.6. The third-order valence-electron chi connectivity index (χ3n) is 4.89. The Balaban J connectivity index is 1.35. The number of hydrogen-bond acceptors (Lipinski definition) is 4. The minimum Gasteiger partial charge on any atom is -0.487 e. The molecule has 4 aromatic rings. The molecule has 130 valence electrons. The van der Waals surface area contributed by atoms with Crippen LogP contribution in [0.2, 0.25) is 0 Å². The first-order chi connectivity index (χ1) is 12.9. The molecule has 2 aromatic carbocycles. The van der Waals surface area contributed by atoms with Gasteiger partial charge in [0.15, 0.2) is 0 Å². The number of ether oxygens (including phenoxy) is 1. The van der Waals surface area contributed by atoms with E-state index in [2.05, 4.69) is 23.6 Å². The fraction of sp³-hybridized carbons (Fsp3) is 0.227. The van der Waals surface area contributed by atoms with Crippen molar-refractivity contribution in [1.29, 1.82) is 0 Å². The molecule has 0 fully saturated rings. The smallest absolute Gasteiger partial charge is 0.134 e. The lowest BCUT2D eigenvalue weighted by molar-refractivity contribution is 0.302. The van der Waals surface area contributed by atoms with Gasteiger partial charge >= 0.3 is 0 Å². The maximum absolute atomic E-state index is 6.01. The van der Waals surface area contributed by atoms with E-state index in [4.69, 9.17) is 14.1 Å². The van der Waals surface area contributed by atoms with Crippen LogP contribution < -0.4 is 4.74 Å². The van der Waals surface area contributed by atoms with E-state index in [0.29, 0.717) is 6.61 Å². The molecular weight excluding hydrogens is 342 g/mol. The molecule has 0 saturated carbocycles. The number of fused-ring (bicyclic) bond motifs is 3. The van der Waals surface area contributed by atoms with E-state index >= 15 is 0 Å². The van der Waals surface area contributed by atoms with Gasteiger partial charge < -0.3 is 9.15 Å². The van der Waals surface area contributed by atoms with Crippen LogP contribution in [0.5, 0.6) is 5.75 Å². The predicted octanol–water partition coefficient (Wildman–Crippen LogP) is 6.01. The summed E-state index contributed by atoms with van der Waals surface area (Å²) < 4.78 is 12.0. The Hall–Kier alpha value is -2.59. The van der Waals surface area contributed by atoms with Crippen LogP contribution in [0.15, 0.2) is 58.3 Å². The summed E-state index contributed by atoms with van der Waals surface area (Å²) >= 11 is 1.65. The van der Waals surface area contributed by atoms with Gasteiger partial charge in [-0.1, -0.05) is 30.3 Å². The highest BCUT2D eigenvalue weighted by molar-refractivity contribution is 7.13. The van der Waals surface area contributed by atoms with E-state index in [9.17, 15) is 0 Å². The summed E-state index contributed by atoms with van der Waals surface area (Å²) in [5.74, 6) is 2.04. The molecule has 0 bridgehead atoms. The summed E-state index contributed by atoms with van der Waals surface area (Å²) in [5.41, 5.74) is 4.46. The van der Waals surface area contributed by atoms with Gasteiger partial charge in [-0.05, 0) is 37.5 Å². The summed E-state index contributed by atoms with van der Waals surface area (Å²) in [4.78, 5) is 4.69. The Labute approximate surface area is 156 Å². The topological polar surface area (TPSA) is 35.3 Å². The third-order valence-corrected chi connectivity index (χ3v) is 5.83. The van der Waals surface area contributed by atoms with Crippen molar-refractivity contribution < 1.29 is 9.15 Å². The molecule has 26 heavy (non-hydrogen) atoms. The van der Waals surface area contributed by atoms with E-state index in [1.165, 1.54) is 23.8 Å². The van der Waals surface area contributed by atoms with Gasteiger partial charge in [-0.25, -0.2) is 4.98 Å². The van der Waals surface area contributed by atoms with Crippen molar-refractivity contribution in [2.75, 3.05) is 0 Å². The molecule has 0 N–H and O–H groups in total. The van der Waals surface area contributed by atoms with E-state index in [1.807, 2.05) is 30.3 Å². The number of aromatic nitrogens is 1. The van der Waals surface area contributed by atoms with Crippen LogP contribution in [0.4, 0.5) is 0 Å². The van der Waals surface area contributed by atoms with Crippen LogP contribution in [0.25, 0.3) is 21.5 Å². The molecule has 0 radical (unpaired) electrons. The minimum atomic E-state index is 0.481. The molecule has 2 heterocycles. The van der Waals surface area contributed by atoms with Crippen molar-refractivity contribution in [2.45, 2.75) is 32.3 Å². The summed E-state index contributed by atoms with van der Waals surface area (Å²) in [6.07, 6.45) is 4.64. The lowest BCUT2D eigenvalue weighted by atomic mass is 9.96. The Morgan fingerprint density at radius 2 is 1.92 bits per heavy atom. The van der Waals surface area contributed by atoms with Gasteiger partial charge in [-0.3, -0.25) is 0 Å². The summed E-state index contributed by atoms with van der Waals surface area (Å²) in [6, 6.07) is 16.4. The van der Waals surface area contributed by atoms with Gasteiger partial charge in [0.25, 0.3) is 0 Å². The Bertz CT molecular complexity index is 1050. The molecule has 2 aromatic heterocycles. The summed E-state index contributed by atoms with van der Waals surface area (Å²) in [7, 11) is 0.